The van der Waals surface area contributed by atoms with Gasteiger partial charge in [-0.3, -0.25) is 4.79 Å². The van der Waals surface area contributed by atoms with Gasteiger partial charge < -0.3 is 4.90 Å². The smallest absolute Gasteiger partial charge is 0.252 e. The lowest BCUT2D eigenvalue weighted by molar-refractivity contribution is -0.129. The highest BCUT2D eigenvalue weighted by Crippen LogP contribution is 2.29. The number of nitriles is 1. The fraction of sp³-hybridized carbons (Fsp3) is 0.412. The molecule has 0 bridgehead atoms. The van der Waals surface area contributed by atoms with Crippen molar-refractivity contribution < 1.29 is 13.2 Å². The van der Waals surface area contributed by atoms with Gasteiger partial charge in [0.15, 0.2) is 0 Å². The highest BCUT2D eigenvalue weighted by Gasteiger charge is 2.31. The molecule has 8 nitrogen and oxygen atoms in total. The number of thioether (sulfide) groups is 1. The molecule has 0 aliphatic carbocycles. The van der Waals surface area contributed by atoms with Gasteiger partial charge in [-0.1, -0.05) is 23.4 Å². The van der Waals surface area contributed by atoms with Crippen molar-refractivity contribution in [3.8, 4) is 6.07 Å². The van der Waals surface area contributed by atoms with Crippen LogP contribution in [-0.4, -0.2) is 65.4 Å². The summed E-state index contributed by atoms with van der Waals surface area (Å²) in [6.45, 7) is 4.54. The van der Waals surface area contributed by atoms with E-state index in [1.54, 1.807) is 24.8 Å². The number of carbonyl (C=O) groups is 1. The van der Waals surface area contributed by atoms with E-state index in [4.69, 9.17) is 11.6 Å². The highest BCUT2D eigenvalue weighted by molar-refractivity contribution is 8.00. The van der Waals surface area contributed by atoms with E-state index >= 15 is 0 Å². The molecular weight excluding hydrogens is 454 g/mol. The van der Waals surface area contributed by atoms with Crippen LogP contribution in [0.3, 0.4) is 0 Å². The SMILES string of the molecule is Cc1nc(C)c(C#N)c(SCC(=O)N2CCN(S(=O)(=O)c3ccc(Cl)s3)CC2)n1. The molecule has 0 saturated carbocycles. The molecule has 0 spiro atoms. The largest absolute Gasteiger partial charge is 0.339 e. The summed E-state index contributed by atoms with van der Waals surface area (Å²) in [4.78, 5) is 22.6. The fourth-order valence-corrected chi connectivity index (χ4v) is 6.91. The number of aryl methyl sites for hydroxylation is 2. The maximum atomic E-state index is 12.6. The van der Waals surface area contributed by atoms with E-state index in [9.17, 15) is 18.5 Å². The summed E-state index contributed by atoms with van der Waals surface area (Å²) in [5, 5.41) is 9.78. The molecule has 12 heteroatoms. The summed E-state index contributed by atoms with van der Waals surface area (Å²) >= 11 is 8.07. The molecule has 1 aliphatic rings. The maximum absolute atomic E-state index is 12.6. The third kappa shape index (κ3) is 4.90. The van der Waals surface area contributed by atoms with Gasteiger partial charge in [-0.2, -0.15) is 9.57 Å². The molecule has 0 aromatic carbocycles. The number of rotatable bonds is 5. The summed E-state index contributed by atoms with van der Waals surface area (Å²) in [5.74, 6) is 0.547. The van der Waals surface area contributed by atoms with Crippen molar-refractivity contribution in [2.75, 3.05) is 31.9 Å². The van der Waals surface area contributed by atoms with Crippen molar-refractivity contribution in [1.29, 1.82) is 5.26 Å². The average Bonchev–Trinajstić information content (AvgIpc) is 3.13. The molecule has 29 heavy (non-hydrogen) atoms. The second-order valence-corrected chi connectivity index (χ2v) is 11.1. The molecule has 1 saturated heterocycles. The first-order chi connectivity index (χ1) is 13.7. The summed E-state index contributed by atoms with van der Waals surface area (Å²) in [5.41, 5.74) is 0.960. The Labute approximate surface area is 182 Å². The predicted molar refractivity (Wildman–Crippen MR) is 112 cm³/mol. The molecule has 1 amide bonds. The van der Waals surface area contributed by atoms with E-state index < -0.39 is 10.0 Å². The number of aromatic nitrogens is 2. The number of hydrogen-bond donors (Lipinski definition) is 0. The van der Waals surface area contributed by atoms with Gasteiger partial charge in [0.05, 0.1) is 15.8 Å². The van der Waals surface area contributed by atoms with Crippen LogP contribution >= 0.6 is 34.7 Å². The fourth-order valence-electron chi connectivity index (χ4n) is 2.88. The van der Waals surface area contributed by atoms with Crippen molar-refractivity contribution >= 4 is 50.6 Å². The van der Waals surface area contributed by atoms with Crippen LogP contribution in [0.2, 0.25) is 4.34 Å². The number of amides is 1. The van der Waals surface area contributed by atoms with Crippen LogP contribution in [0, 0.1) is 25.2 Å². The zero-order valence-corrected chi connectivity index (χ0v) is 19.0. The van der Waals surface area contributed by atoms with E-state index in [1.165, 1.54) is 22.1 Å². The number of halogens is 1. The Morgan fingerprint density at radius 3 is 2.55 bits per heavy atom. The lowest BCUT2D eigenvalue weighted by atomic mass is 10.3. The molecule has 2 aromatic rings. The second kappa shape index (κ2) is 8.97. The molecule has 1 fully saturated rings. The standard InChI is InChI=1S/C17H18ClN5O3S3/c1-11-13(9-19)17(21-12(2)20-11)27-10-15(24)22-5-7-23(8-6-22)29(25,26)16-4-3-14(18)28-16/h3-4H,5-8,10H2,1-2H3. The highest BCUT2D eigenvalue weighted by atomic mass is 35.5. The van der Waals surface area contributed by atoms with Crippen molar-refractivity contribution in [2.45, 2.75) is 23.1 Å². The van der Waals surface area contributed by atoms with Crippen LogP contribution in [0.15, 0.2) is 21.4 Å². The number of carbonyl (C=O) groups excluding carboxylic acids is 1. The third-order valence-corrected chi connectivity index (χ3v) is 8.90. The number of hydrogen-bond acceptors (Lipinski definition) is 8. The second-order valence-electron chi connectivity index (χ2n) is 6.28. The Bertz CT molecular complexity index is 1070. The van der Waals surface area contributed by atoms with Crippen LogP contribution in [0.4, 0.5) is 0 Å². The Kier molecular flexibility index (Phi) is 6.80. The van der Waals surface area contributed by atoms with E-state index in [-0.39, 0.29) is 29.0 Å². The van der Waals surface area contributed by atoms with Gasteiger partial charge in [0.2, 0.25) is 5.91 Å². The minimum atomic E-state index is -3.59. The van der Waals surface area contributed by atoms with Gasteiger partial charge in [-0.05, 0) is 26.0 Å². The summed E-state index contributed by atoms with van der Waals surface area (Å²) in [6.07, 6.45) is 0. The first-order valence-corrected chi connectivity index (χ1v) is 12.3. The van der Waals surface area contributed by atoms with E-state index in [1.807, 2.05) is 0 Å². The quantitative estimate of drug-likeness (QED) is 0.486. The zero-order valence-electron chi connectivity index (χ0n) is 15.8. The van der Waals surface area contributed by atoms with Gasteiger partial charge in [0, 0.05) is 26.2 Å². The number of sulfonamides is 1. The van der Waals surface area contributed by atoms with Gasteiger partial charge in [0.25, 0.3) is 10.0 Å². The van der Waals surface area contributed by atoms with Crippen molar-refractivity contribution in [1.82, 2.24) is 19.2 Å². The zero-order chi connectivity index (χ0) is 21.2. The molecule has 0 radical (unpaired) electrons. The Hall–Kier alpha value is -1.71. The van der Waals surface area contributed by atoms with Crippen molar-refractivity contribution in [3.05, 3.63) is 33.6 Å². The monoisotopic (exact) mass is 471 g/mol. The molecule has 3 rings (SSSR count). The van der Waals surface area contributed by atoms with Crippen molar-refractivity contribution in [3.63, 3.8) is 0 Å². The van der Waals surface area contributed by atoms with Crippen LogP contribution < -0.4 is 0 Å². The van der Waals surface area contributed by atoms with Crippen LogP contribution in [0.5, 0.6) is 0 Å². The van der Waals surface area contributed by atoms with Gasteiger partial charge in [-0.15, -0.1) is 11.3 Å². The first kappa shape index (κ1) is 22.0. The Morgan fingerprint density at radius 1 is 1.28 bits per heavy atom. The van der Waals surface area contributed by atoms with Crippen LogP contribution in [-0.2, 0) is 14.8 Å². The van der Waals surface area contributed by atoms with Gasteiger partial charge >= 0.3 is 0 Å². The summed E-state index contributed by atoms with van der Waals surface area (Å²) in [7, 11) is -3.59. The summed E-state index contributed by atoms with van der Waals surface area (Å²) < 4.78 is 27.3. The van der Waals surface area contributed by atoms with Gasteiger partial charge in [0.1, 0.15) is 26.7 Å². The lowest BCUT2D eigenvalue weighted by Gasteiger charge is -2.33. The summed E-state index contributed by atoms with van der Waals surface area (Å²) in [6, 6.07) is 5.13. The molecule has 0 N–H and O–H groups in total. The number of nitrogens with zero attached hydrogens (tertiary/aromatic N) is 5. The van der Waals surface area contributed by atoms with Crippen LogP contribution in [0.25, 0.3) is 0 Å². The van der Waals surface area contributed by atoms with E-state index in [0.29, 0.717) is 39.5 Å². The van der Waals surface area contributed by atoms with E-state index in [0.717, 1.165) is 11.3 Å². The molecule has 3 heterocycles. The number of thiophene rings is 1. The lowest BCUT2D eigenvalue weighted by Crippen LogP contribution is -2.50. The molecule has 0 atom stereocenters. The van der Waals surface area contributed by atoms with Crippen LogP contribution in [0.1, 0.15) is 17.1 Å². The minimum absolute atomic E-state index is 0.121. The molecule has 0 unspecified atom stereocenters. The minimum Gasteiger partial charge on any atom is -0.339 e. The molecule has 1 aliphatic heterocycles. The Morgan fingerprint density at radius 2 is 1.97 bits per heavy atom. The predicted octanol–water partition coefficient (Wildman–Crippen LogP) is 2.31. The molecule has 154 valence electrons. The third-order valence-electron chi connectivity index (χ3n) is 4.35. The first-order valence-electron chi connectivity index (χ1n) is 8.63. The average molecular weight is 472 g/mol. The molecular formula is C17H18ClN5O3S3. The Balaban J connectivity index is 1.59. The topological polar surface area (TPSA) is 107 Å². The van der Waals surface area contributed by atoms with E-state index in [2.05, 4.69) is 16.0 Å². The maximum Gasteiger partial charge on any atom is 0.252 e. The van der Waals surface area contributed by atoms with Gasteiger partial charge in [-0.25, -0.2) is 18.4 Å². The van der Waals surface area contributed by atoms with Crippen molar-refractivity contribution in [2.24, 2.45) is 0 Å². The molecule has 2 aromatic heterocycles. The number of piperazine rings is 1. The normalized spacial score (nSPS) is 15.3.